The minimum absolute atomic E-state index is 0.00918. The standard InChI is InChI=1S/C17H22N6/c1-17(2,3)9-8-12(16-20-22-23-21-16)13-10-11-6-4-5-7-14(11)19-15(13)18/h4-7,10,12H,8-9H2,1-3H3,(H2,18,19)(H,20,21,22,23)/t12-/m0/s1. The van der Waals surface area contributed by atoms with Crippen molar-refractivity contribution in [2.24, 2.45) is 5.41 Å². The third kappa shape index (κ3) is 3.47. The molecule has 3 N–H and O–H groups in total. The van der Waals surface area contributed by atoms with E-state index in [0.717, 1.165) is 29.3 Å². The van der Waals surface area contributed by atoms with Crippen LogP contribution in [0.3, 0.4) is 0 Å². The van der Waals surface area contributed by atoms with Gasteiger partial charge < -0.3 is 5.73 Å². The maximum absolute atomic E-state index is 6.24. The van der Waals surface area contributed by atoms with E-state index >= 15 is 0 Å². The Hall–Kier alpha value is -2.50. The number of benzene rings is 1. The first-order chi connectivity index (χ1) is 10.9. The average molecular weight is 310 g/mol. The summed E-state index contributed by atoms with van der Waals surface area (Å²) in [5, 5.41) is 15.7. The Morgan fingerprint density at radius 1 is 1.22 bits per heavy atom. The number of aromatic nitrogens is 5. The smallest absolute Gasteiger partial charge is 0.182 e. The van der Waals surface area contributed by atoms with Crippen molar-refractivity contribution >= 4 is 16.7 Å². The molecular formula is C17H22N6. The molecule has 1 atom stereocenters. The van der Waals surface area contributed by atoms with E-state index in [1.54, 1.807) is 0 Å². The highest BCUT2D eigenvalue weighted by molar-refractivity contribution is 5.81. The molecule has 23 heavy (non-hydrogen) atoms. The number of aromatic amines is 1. The van der Waals surface area contributed by atoms with Crippen LogP contribution in [-0.4, -0.2) is 25.6 Å². The van der Waals surface area contributed by atoms with Crippen molar-refractivity contribution in [2.45, 2.75) is 39.5 Å². The van der Waals surface area contributed by atoms with Crippen molar-refractivity contribution in [2.75, 3.05) is 5.73 Å². The van der Waals surface area contributed by atoms with Gasteiger partial charge in [0.15, 0.2) is 5.82 Å². The van der Waals surface area contributed by atoms with Crippen molar-refractivity contribution in [3.05, 3.63) is 41.7 Å². The number of para-hydroxylation sites is 1. The number of hydrogen-bond donors (Lipinski definition) is 2. The first-order valence-corrected chi connectivity index (χ1v) is 7.82. The summed E-state index contributed by atoms with van der Waals surface area (Å²) in [7, 11) is 0. The second-order valence-corrected chi connectivity index (χ2v) is 7.08. The van der Waals surface area contributed by atoms with E-state index in [-0.39, 0.29) is 11.3 Å². The molecule has 0 fully saturated rings. The summed E-state index contributed by atoms with van der Waals surface area (Å²) < 4.78 is 0. The van der Waals surface area contributed by atoms with Crippen LogP contribution in [0.4, 0.5) is 5.82 Å². The van der Waals surface area contributed by atoms with E-state index < -0.39 is 0 Å². The molecule has 2 heterocycles. The first kappa shape index (κ1) is 15.4. The Balaban J connectivity index is 2.03. The lowest BCUT2D eigenvalue weighted by molar-refractivity contribution is 0.354. The van der Waals surface area contributed by atoms with Gasteiger partial charge in [0.2, 0.25) is 0 Å². The summed E-state index contributed by atoms with van der Waals surface area (Å²) in [6, 6.07) is 10.1. The van der Waals surface area contributed by atoms with E-state index in [4.69, 9.17) is 5.73 Å². The van der Waals surface area contributed by atoms with Gasteiger partial charge in [0.1, 0.15) is 5.82 Å². The topological polar surface area (TPSA) is 93.4 Å². The average Bonchev–Trinajstić information content (AvgIpc) is 3.01. The van der Waals surface area contributed by atoms with Crippen LogP contribution in [0.25, 0.3) is 10.9 Å². The molecule has 0 aliphatic heterocycles. The fourth-order valence-electron chi connectivity index (χ4n) is 2.74. The summed E-state index contributed by atoms with van der Waals surface area (Å²) in [5.41, 5.74) is 8.33. The number of nitrogen functional groups attached to an aromatic ring is 1. The molecule has 0 saturated heterocycles. The second-order valence-electron chi connectivity index (χ2n) is 7.08. The Morgan fingerprint density at radius 2 is 2.00 bits per heavy atom. The van der Waals surface area contributed by atoms with Crippen LogP contribution in [0.1, 0.15) is 50.9 Å². The van der Waals surface area contributed by atoms with E-state index in [9.17, 15) is 0 Å². The lowest BCUT2D eigenvalue weighted by Gasteiger charge is -2.22. The lowest BCUT2D eigenvalue weighted by Crippen LogP contribution is -2.13. The van der Waals surface area contributed by atoms with Crippen molar-refractivity contribution in [3.8, 4) is 0 Å². The van der Waals surface area contributed by atoms with Gasteiger partial charge in [-0.05, 0) is 30.4 Å². The largest absolute Gasteiger partial charge is 0.383 e. The van der Waals surface area contributed by atoms with Gasteiger partial charge in [-0.15, -0.1) is 10.2 Å². The van der Waals surface area contributed by atoms with E-state index in [1.807, 2.05) is 24.3 Å². The molecule has 0 aliphatic carbocycles. The highest BCUT2D eigenvalue weighted by Crippen LogP contribution is 2.35. The van der Waals surface area contributed by atoms with E-state index in [0.29, 0.717) is 11.6 Å². The monoisotopic (exact) mass is 310 g/mol. The zero-order valence-corrected chi connectivity index (χ0v) is 13.7. The highest BCUT2D eigenvalue weighted by atomic mass is 15.5. The maximum Gasteiger partial charge on any atom is 0.182 e. The molecular weight excluding hydrogens is 288 g/mol. The number of H-pyrrole nitrogens is 1. The molecule has 0 unspecified atom stereocenters. The van der Waals surface area contributed by atoms with Crippen molar-refractivity contribution in [3.63, 3.8) is 0 Å². The number of rotatable bonds is 4. The second kappa shape index (κ2) is 5.95. The number of pyridine rings is 1. The zero-order chi connectivity index (χ0) is 16.4. The summed E-state index contributed by atoms with van der Waals surface area (Å²) in [5.74, 6) is 1.19. The van der Waals surface area contributed by atoms with Crippen molar-refractivity contribution in [1.29, 1.82) is 0 Å². The summed E-state index contributed by atoms with van der Waals surface area (Å²) in [4.78, 5) is 4.54. The normalized spacial score (nSPS) is 13.3. The van der Waals surface area contributed by atoms with Gasteiger partial charge in [-0.2, -0.15) is 5.21 Å². The molecule has 6 nitrogen and oxygen atoms in total. The Kier molecular flexibility index (Phi) is 3.98. The molecule has 120 valence electrons. The van der Waals surface area contributed by atoms with Crippen LogP contribution in [0.15, 0.2) is 30.3 Å². The molecule has 6 heteroatoms. The predicted molar refractivity (Wildman–Crippen MR) is 90.9 cm³/mol. The van der Waals surface area contributed by atoms with Crippen LogP contribution in [0.5, 0.6) is 0 Å². The molecule has 0 spiro atoms. The number of nitrogens with one attached hydrogen (secondary N) is 1. The van der Waals surface area contributed by atoms with Gasteiger partial charge in [-0.3, -0.25) is 0 Å². The SMILES string of the molecule is CC(C)(C)CC[C@H](c1nn[nH]n1)c1cc2ccccc2nc1N. The summed E-state index contributed by atoms with van der Waals surface area (Å²) >= 11 is 0. The predicted octanol–water partition coefficient (Wildman–Crippen LogP) is 3.29. The first-order valence-electron chi connectivity index (χ1n) is 7.82. The third-order valence-corrected chi connectivity index (χ3v) is 4.02. The minimum atomic E-state index is -0.00918. The van der Waals surface area contributed by atoms with Crippen LogP contribution in [0, 0.1) is 5.41 Å². The lowest BCUT2D eigenvalue weighted by atomic mass is 9.84. The van der Waals surface area contributed by atoms with Gasteiger partial charge in [-0.25, -0.2) is 4.98 Å². The number of fused-ring (bicyclic) bond motifs is 1. The zero-order valence-electron chi connectivity index (χ0n) is 13.7. The van der Waals surface area contributed by atoms with E-state index in [1.165, 1.54) is 0 Å². The van der Waals surface area contributed by atoms with Crippen molar-refractivity contribution < 1.29 is 0 Å². The fraction of sp³-hybridized carbons (Fsp3) is 0.412. The summed E-state index contributed by atoms with van der Waals surface area (Å²) in [6.45, 7) is 6.67. The van der Waals surface area contributed by atoms with Crippen LogP contribution in [0.2, 0.25) is 0 Å². The Labute approximate surface area is 135 Å². The number of hydrogen-bond acceptors (Lipinski definition) is 5. The molecule has 2 aromatic heterocycles. The van der Waals surface area contributed by atoms with Crippen LogP contribution < -0.4 is 5.73 Å². The molecule has 3 aromatic rings. The summed E-state index contributed by atoms with van der Waals surface area (Å²) in [6.07, 6.45) is 1.92. The molecule has 1 aromatic carbocycles. The van der Waals surface area contributed by atoms with Crippen molar-refractivity contribution in [1.82, 2.24) is 25.6 Å². The van der Waals surface area contributed by atoms with E-state index in [2.05, 4.69) is 52.4 Å². The quantitative estimate of drug-likeness (QED) is 0.771. The molecule has 0 saturated carbocycles. The van der Waals surface area contributed by atoms with Gasteiger partial charge in [0.25, 0.3) is 0 Å². The van der Waals surface area contributed by atoms with Gasteiger partial charge in [0, 0.05) is 10.9 Å². The molecule has 0 aliphatic rings. The van der Waals surface area contributed by atoms with Gasteiger partial charge >= 0.3 is 0 Å². The van der Waals surface area contributed by atoms with Crippen LogP contribution in [-0.2, 0) is 0 Å². The minimum Gasteiger partial charge on any atom is -0.383 e. The molecule has 0 amide bonds. The fourth-order valence-corrected chi connectivity index (χ4v) is 2.74. The number of anilines is 1. The van der Waals surface area contributed by atoms with Crippen LogP contribution >= 0.6 is 0 Å². The number of nitrogens with two attached hydrogens (primary N) is 1. The molecule has 0 radical (unpaired) electrons. The van der Waals surface area contributed by atoms with Gasteiger partial charge in [-0.1, -0.05) is 44.2 Å². The molecule has 3 rings (SSSR count). The number of nitrogens with zero attached hydrogens (tertiary/aromatic N) is 4. The Morgan fingerprint density at radius 3 is 2.70 bits per heavy atom. The van der Waals surface area contributed by atoms with Gasteiger partial charge in [0.05, 0.1) is 11.4 Å². The maximum atomic E-state index is 6.24. The number of tetrazole rings is 1. The third-order valence-electron chi connectivity index (χ3n) is 4.02. The highest BCUT2D eigenvalue weighted by Gasteiger charge is 2.24. The molecule has 0 bridgehead atoms. The Bertz CT molecular complexity index is 788.